The molecule has 2 radical (unpaired) electrons. The topological polar surface area (TPSA) is 28.7 Å². The molecule has 0 saturated carbocycles. The van der Waals surface area contributed by atoms with Crippen LogP contribution >= 0.6 is 0 Å². The van der Waals surface area contributed by atoms with E-state index in [9.17, 15) is 0 Å². The Bertz CT molecular complexity index is 121. The van der Waals surface area contributed by atoms with E-state index in [1.54, 1.807) is 6.20 Å². The molecular weight excluding hydrogens is 88.1 g/mol. The van der Waals surface area contributed by atoms with Gasteiger partial charge in [0.1, 0.15) is 0 Å². The highest BCUT2D eigenvalue weighted by atomic mass is 15.1. The van der Waals surface area contributed by atoms with Gasteiger partial charge < -0.3 is 0 Å². The lowest BCUT2D eigenvalue weighted by molar-refractivity contribution is 1.05. The number of nitrogens with one attached hydrogen (secondary N) is 1. The average Bonchev–Trinajstić information content (AvgIpc) is 2.14. The van der Waals surface area contributed by atoms with Gasteiger partial charge in [0.15, 0.2) is 0 Å². The zero-order chi connectivity index (χ0) is 5.11. The third-order valence-electron chi connectivity index (χ3n) is 0.757. The van der Waals surface area contributed by atoms with E-state index in [0.717, 1.165) is 5.69 Å². The van der Waals surface area contributed by atoms with Gasteiger partial charge >= 0.3 is 0 Å². The van der Waals surface area contributed by atoms with Crippen LogP contribution in [0.1, 0.15) is 12.6 Å². The number of aromatic amines is 1. The first-order chi connectivity index (χ1) is 3.43. The molecule has 36 valence electrons. The lowest BCUT2D eigenvalue weighted by atomic mass is 10.4. The molecule has 0 spiro atoms. The lowest BCUT2D eigenvalue weighted by Crippen LogP contribution is -1.73. The summed E-state index contributed by atoms with van der Waals surface area (Å²) in [5.41, 5.74) is 0.875. The van der Waals surface area contributed by atoms with Crippen LogP contribution in [0, 0.1) is 6.42 Å². The van der Waals surface area contributed by atoms with Crippen molar-refractivity contribution in [3.05, 3.63) is 24.4 Å². The summed E-state index contributed by atoms with van der Waals surface area (Å²) in [6.45, 7) is 1.83. The smallest absolute Gasteiger partial charge is 0.0700 e. The summed E-state index contributed by atoms with van der Waals surface area (Å²) in [6, 6.07) is 1.86. The van der Waals surface area contributed by atoms with Gasteiger partial charge in [-0.2, -0.15) is 5.10 Å². The predicted molar refractivity (Wildman–Crippen MR) is 26.6 cm³/mol. The van der Waals surface area contributed by atoms with Crippen LogP contribution in [0.5, 0.6) is 0 Å². The van der Waals surface area contributed by atoms with Crippen molar-refractivity contribution in [3.8, 4) is 0 Å². The van der Waals surface area contributed by atoms with E-state index in [1.165, 1.54) is 0 Å². The van der Waals surface area contributed by atoms with E-state index in [2.05, 4.69) is 16.6 Å². The van der Waals surface area contributed by atoms with E-state index < -0.39 is 0 Å². The van der Waals surface area contributed by atoms with Crippen molar-refractivity contribution in [1.82, 2.24) is 10.2 Å². The Balaban J connectivity index is 2.76. The highest BCUT2D eigenvalue weighted by Gasteiger charge is 1.84. The van der Waals surface area contributed by atoms with Crippen LogP contribution in [0.15, 0.2) is 12.3 Å². The summed E-state index contributed by atoms with van der Waals surface area (Å²) in [5, 5.41) is 6.47. The fourth-order valence-electron chi connectivity index (χ4n) is 0.400. The summed E-state index contributed by atoms with van der Waals surface area (Å²) in [7, 11) is 0. The van der Waals surface area contributed by atoms with Crippen molar-refractivity contribution in [2.24, 2.45) is 0 Å². The van der Waals surface area contributed by atoms with Crippen molar-refractivity contribution in [2.45, 2.75) is 6.92 Å². The standard InChI is InChI=1S/C5H6N2/c1-2-5-3-4-6-7-5/h3-4H,1H3,(H,6,7). The molecule has 0 aliphatic rings. The molecule has 1 N–H and O–H groups in total. The Morgan fingerprint density at radius 2 is 2.71 bits per heavy atom. The van der Waals surface area contributed by atoms with Crippen molar-refractivity contribution < 1.29 is 0 Å². The molecule has 0 bridgehead atoms. The van der Waals surface area contributed by atoms with Crippen LogP contribution in [0.4, 0.5) is 0 Å². The molecule has 0 saturated heterocycles. The molecule has 0 aliphatic heterocycles. The number of nitrogens with zero attached hydrogens (tertiary/aromatic N) is 1. The Morgan fingerprint density at radius 3 is 3.00 bits per heavy atom. The van der Waals surface area contributed by atoms with Gasteiger partial charge in [-0.3, -0.25) is 5.10 Å². The minimum absolute atomic E-state index is 0.875. The first kappa shape index (κ1) is 4.37. The molecular formula is C5H6N2. The minimum Gasteiger partial charge on any atom is -0.285 e. The first-order valence-electron chi connectivity index (χ1n) is 2.11. The van der Waals surface area contributed by atoms with Gasteiger partial charge in [-0.15, -0.1) is 0 Å². The fraction of sp³-hybridized carbons (Fsp3) is 0.200. The molecule has 0 aromatic carbocycles. The Labute approximate surface area is 42.6 Å². The third-order valence-corrected chi connectivity index (χ3v) is 0.757. The quantitative estimate of drug-likeness (QED) is 0.549. The van der Waals surface area contributed by atoms with Crippen molar-refractivity contribution in [1.29, 1.82) is 0 Å². The molecule has 0 aliphatic carbocycles. The molecule has 0 atom stereocenters. The Morgan fingerprint density at radius 1 is 1.86 bits per heavy atom. The van der Waals surface area contributed by atoms with Gasteiger partial charge in [-0.25, -0.2) is 0 Å². The highest BCUT2D eigenvalue weighted by molar-refractivity contribution is 5.06. The molecule has 1 aromatic heterocycles. The third kappa shape index (κ3) is 0.796. The Kier molecular flexibility index (Phi) is 1.11. The van der Waals surface area contributed by atoms with E-state index in [-0.39, 0.29) is 0 Å². The highest BCUT2D eigenvalue weighted by Crippen LogP contribution is 1.91. The number of rotatable bonds is 1. The first-order valence-corrected chi connectivity index (χ1v) is 2.11. The molecule has 7 heavy (non-hydrogen) atoms. The van der Waals surface area contributed by atoms with Gasteiger partial charge in [-0.1, -0.05) is 6.92 Å². The maximum Gasteiger partial charge on any atom is 0.0700 e. The number of hydrogen-bond acceptors (Lipinski definition) is 1. The summed E-state index contributed by atoms with van der Waals surface area (Å²) in [5.74, 6) is 0. The minimum atomic E-state index is 0.875. The number of H-pyrrole nitrogens is 1. The zero-order valence-corrected chi connectivity index (χ0v) is 4.10. The number of aromatic nitrogens is 2. The van der Waals surface area contributed by atoms with Gasteiger partial charge in [0.25, 0.3) is 0 Å². The largest absolute Gasteiger partial charge is 0.285 e. The van der Waals surface area contributed by atoms with Crippen LogP contribution in [-0.2, 0) is 0 Å². The van der Waals surface area contributed by atoms with E-state index >= 15 is 0 Å². The van der Waals surface area contributed by atoms with Gasteiger partial charge in [-0.05, 0) is 6.07 Å². The van der Waals surface area contributed by atoms with E-state index in [0.29, 0.717) is 0 Å². The van der Waals surface area contributed by atoms with Crippen LogP contribution in [0.2, 0.25) is 0 Å². The molecule has 2 heteroatoms. The molecule has 2 nitrogen and oxygen atoms in total. The monoisotopic (exact) mass is 94.1 g/mol. The zero-order valence-electron chi connectivity index (χ0n) is 4.10. The second-order valence-corrected chi connectivity index (χ2v) is 1.21. The summed E-state index contributed by atoms with van der Waals surface area (Å²) >= 11 is 0. The molecule has 0 amide bonds. The Hall–Kier alpha value is -0.790. The summed E-state index contributed by atoms with van der Waals surface area (Å²) in [6.07, 6.45) is 4.63. The van der Waals surface area contributed by atoms with E-state index in [1.807, 2.05) is 13.0 Å². The molecule has 1 rings (SSSR count). The predicted octanol–water partition coefficient (Wildman–Crippen LogP) is 0.859. The molecule has 0 fully saturated rings. The second kappa shape index (κ2) is 1.78. The molecule has 1 aromatic rings. The van der Waals surface area contributed by atoms with Crippen LogP contribution in [0.3, 0.4) is 0 Å². The SMILES string of the molecule is C[C]c1cc[nH]n1. The van der Waals surface area contributed by atoms with Crippen LogP contribution in [-0.4, -0.2) is 10.2 Å². The number of hydrogen-bond donors (Lipinski definition) is 1. The van der Waals surface area contributed by atoms with Gasteiger partial charge in [0, 0.05) is 12.6 Å². The maximum atomic E-state index is 3.80. The molecule has 1 heterocycles. The second-order valence-electron chi connectivity index (χ2n) is 1.21. The molecule has 0 unspecified atom stereocenters. The summed E-state index contributed by atoms with van der Waals surface area (Å²) in [4.78, 5) is 0. The average molecular weight is 94.1 g/mol. The van der Waals surface area contributed by atoms with Gasteiger partial charge in [0.2, 0.25) is 0 Å². The maximum absolute atomic E-state index is 3.80. The van der Waals surface area contributed by atoms with Crippen LogP contribution in [0.25, 0.3) is 0 Å². The lowest BCUT2D eigenvalue weighted by Gasteiger charge is -1.75. The van der Waals surface area contributed by atoms with E-state index in [4.69, 9.17) is 0 Å². The van der Waals surface area contributed by atoms with Crippen molar-refractivity contribution >= 4 is 0 Å². The van der Waals surface area contributed by atoms with Crippen LogP contribution < -0.4 is 0 Å². The van der Waals surface area contributed by atoms with Crippen molar-refractivity contribution in [2.75, 3.05) is 0 Å². The summed E-state index contributed by atoms with van der Waals surface area (Å²) < 4.78 is 0. The van der Waals surface area contributed by atoms with Gasteiger partial charge in [0.05, 0.1) is 5.69 Å². The normalized spacial score (nSPS) is 9.29. The van der Waals surface area contributed by atoms with Crippen molar-refractivity contribution in [3.63, 3.8) is 0 Å². The fourth-order valence-corrected chi connectivity index (χ4v) is 0.400.